The number of nitrogens with one attached hydrogen (secondary N) is 2. The molecular formula is C20H29IN4O3. The minimum absolute atomic E-state index is 0. The van der Waals surface area contributed by atoms with E-state index >= 15 is 0 Å². The zero-order chi connectivity index (χ0) is 18.6. The van der Waals surface area contributed by atoms with Crippen molar-refractivity contribution in [3.63, 3.8) is 0 Å². The van der Waals surface area contributed by atoms with Gasteiger partial charge in [0.25, 0.3) is 5.91 Å². The average molecular weight is 500 g/mol. The number of ether oxygens (including phenoxy) is 2. The second-order valence-electron chi connectivity index (χ2n) is 7.28. The van der Waals surface area contributed by atoms with Crippen LogP contribution in [0.2, 0.25) is 0 Å². The van der Waals surface area contributed by atoms with Crippen LogP contribution < -0.4 is 20.3 Å². The Balaban J connectivity index is 0.00000225. The normalized spacial score (nSPS) is 25.8. The molecule has 7 nitrogen and oxygen atoms in total. The van der Waals surface area contributed by atoms with Crippen molar-refractivity contribution < 1.29 is 14.3 Å². The van der Waals surface area contributed by atoms with Gasteiger partial charge in [-0.05, 0) is 44.7 Å². The van der Waals surface area contributed by atoms with Crippen LogP contribution in [0.4, 0.5) is 5.69 Å². The first kappa shape index (κ1) is 21.2. The summed E-state index contributed by atoms with van der Waals surface area (Å²) in [6, 6.07) is 8.03. The predicted molar refractivity (Wildman–Crippen MR) is 120 cm³/mol. The van der Waals surface area contributed by atoms with Crippen LogP contribution in [0.3, 0.4) is 0 Å². The molecule has 4 rings (SSSR count). The molecule has 8 heteroatoms. The Kier molecular flexibility index (Phi) is 7.39. The summed E-state index contributed by atoms with van der Waals surface area (Å²) in [7, 11) is 0. The Morgan fingerprint density at radius 3 is 2.93 bits per heavy atom. The number of anilines is 1. The lowest BCUT2D eigenvalue weighted by Crippen LogP contribution is -2.47. The van der Waals surface area contributed by atoms with Crippen molar-refractivity contribution in [1.29, 1.82) is 0 Å². The molecule has 2 N–H and O–H groups in total. The summed E-state index contributed by atoms with van der Waals surface area (Å²) in [4.78, 5) is 18.7. The van der Waals surface area contributed by atoms with Gasteiger partial charge in [-0.1, -0.05) is 12.1 Å². The van der Waals surface area contributed by atoms with Crippen LogP contribution in [0.1, 0.15) is 32.6 Å². The van der Waals surface area contributed by atoms with Crippen molar-refractivity contribution in [2.24, 2.45) is 4.99 Å². The summed E-state index contributed by atoms with van der Waals surface area (Å²) in [5, 5.41) is 6.84. The lowest BCUT2D eigenvalue weighted by molar-refractivity contribution is -0.121. The molecule has 154 valence electrons. The van der Waals surface area contributed by atoms with Gasteiger partial charge in [0.15, 0.2) is 12.6 Å². The molecule has 2 bridgehead atoms. The third kappa shape index (κ3) is 4.71. The Morgan fingerprint density at radius 2 is 2.18 bits per heavy atom. The van der Waals surface area contributed by atoms with Crippen molar-refractivity contribution in [3.05, 3.63) is 24.3 Å². The van der Waals surface area contributed by atoms with Gasteiger partial charge in [-0.25, -0.2) is 0 Å². The van der Waals surface area contributed by atoms with Gasteiger partial charge in [-0.3, -0.25) is 9.79 Å². The average Bonchev–Trinajstić information content (AvgIpc) is 3.30. The fourth-order valence-corrected chi connectivity index (χ4v) is 4.10. The number of fused-ring (bicyclic) bond motifs is 3. The van der Waals surface area contributed by atoms with Gasteiger partial charge in [-0.15, -0.1) is 24.0 Å². The second kappa shape index (κ2) is 9.78. The lowest BCUT2D eigenvalue weighted by Gasteiger charge is -2.29. The maximum absolute atomic E-state index is 12.2. The quantitative estimate of drug-likeness (QED) is 0.272. The molecule has 3 aliphatic heterocycles. The van der Waals surface area contributed by atoms with E-state index in [1.54, 1.807) is 4.90 Å². The molecule has 1 aromatic carbocycles. The molecular weight excluding hydrogens is 471 g/mol. The van der Waals surface area contributed by atoms with Crippen molar-refractivity contribution in [2.75, 3.05) is 31.1 Å². The largest absolute Gasteiger partial charge is 0.482 e. The van der Waals surface area contributed by atoms with E-state index in [0.717, 1.165) is 43.2 Å². The van der Waals surface area contributed by atoms with Crippen LogP contribution >= 0.6 is 24.0 Å². The number of hydrogen-bond donors (Lipinski definition) is 2. The van der Waals surface area contributed by atoms with E-state index in [-0.39, 0.29) is 36.5 Å². The molecule has 0 saturated carbocycles. The highest BCUT2D eigenvalue weighted by molar-refractivity contribution is 14.0. The number of aliphatic imine (C=N–C) groups is 1. The first-order chi connectivity index (χ1) is 13.2. The molecule has 0 spiro atoms. The van der Waals surface area contributed by atoms with Gasteiger partial charge in [0.1, 0.15) is 5.75 Å². The smallest absolute Gasteiger partial charge is 0.265 e. The van der Waals surface area contributed by atoms with Crippen molar-refractivity contribution >= 4 is 41.5 Å². The molecule has 2 saturated heterocycles. The van der Waals surface area contributed by atoms with E-state index in [2.05, 4.69) is 17.6 Å². The first-order valence-corrected chi connectivity index (χ1v) is 9.97. The Bertz CT molecular complexity index is 714. The van der Waals surface area contributed by atoms with Crippen LogP contribution in [-0.2, 0) is 9.53 Å². The van der Waals surface area contributed by atoms with E-state index in [1.165, 1.54) is 6.42 Å². The van der Waals surface area contributed by atoms with Gasteiger partial charge < -0.3 is 25.0 Å². The number of amides is 1. The molecule has 0 aromatic heterocycles. The van der Waals surface area contributed by atoms with E-state index in [4.69, 9.17) is 14.5 Å². The molecule has 2 fully saturated rings. The Labute approximate surface area is 183 Å². The minimum Gasteiger partial charge on any atom is -0.482 e. The number of hydrogen-bond acceptors (Lipinski definition) is 4. The summed E-state index contributed by atoms with van der Waals surface area (Å²) in [5.74, 6) is 1.61. The number of rotatable bonds is 6. The van der Waals surface area contributed by atoms with Gasteiger partial charge in [0, 0.05) is 19.6 Å². The third-order valence-corrected chi connectivity index (χ3v) is 5.39. The molecule has 28 heavy (non-hydrogen) atoms. The summed E-state index contributed by atoms with van der Waals surface area (Å²) in [6.07, 6.45) is 4.92. The second-order valence-corrected chi connectivity index (χ2v) is 7.28. The van der Waals surface area contributed by atoms with Gasteiger partial charge in [-0.2, -0.15) is 0 Å². The van der Waals surface area contributed by atoms with E-state index in [1.807, 2.05) is 24.3 Å². The Morgan fingerprint density at radius 1 is 1.32 bits per heavy atom. The minimum atomic E-state index is 0. The van der Waals surface area contributed by atoms with Gasteiger partial charge >= 0.3 is 0 Å². The summed E-state index contributed by atoms with van der Waals surface area (Å²) in [5.41, 5.74) is 0.849. The highest BCUT2D eigenvalue weighted by Crippen LogP contribution is 2.34. The number of guanidine groups is 1. The summed E-state index contributed by atoms with van der Waals surface area (Å²) in [6.45, 7) is 4.29. The number of nitrogens with zero attached hydrogens (tertiary/aromatic N) is 2. The predicted octanol–water partition coefficient (Wildman–Crippen LogP) is 2.30. The molecule has 1 amide bonds. The van der Waals surface area contributed by atoms with Crippen LogP contribution in [0.5, 0.6) is 5.75 Å². The zero-order valence-electron chi connectivity index (χ0n) is 16.2. The van der Waals surface area contributed by atoms with Crippen molar-refractivity contribution in [3.8, 4) is 5.75 Å². The third-order valence-electron chi connectivity index (χ3n) is 5.39. The monoisotopic (exact) mass is 500 g/mol. The first-order valence-electron chi connectivity index (χ1n) is 9.97. The Hall–Kier alpha value is -1.55. The maximum atomic E-state index is 12.2. The maximum Gasteiger partial charge on any atom is 0.265 e. The molecule has 3 atom stereocenters. The van der Waals surface area contributed by atoms with Gasteiger partial charge in [0.2, 0.25) is 0 Å². The standard InChI is InChI=1S/C20H28N4O3.HI/c1-2-21-20(23-15-12-14-8-9-17(15)27-14)22-10-5-11-24-16-6-3-4-7-18(16)26-13-19(24)25;/h3-4,6-7,14-15,17H,2,5,8-13H2,1H3,(H2,21,22,23);1H. The number of carbonyl (C=O) groups excluding carboxylic acids is 1. The zero-order valence-corrected chi connectivity index (χ0v) is 18.6. The van der Waals surface area contributed by atoms with Crippen LogP contribution in [0.15, 0.2) is 29.3 Å². The number of carbonyl (C=O) groups is 1. The van der Waals surface area contributed by atoms with E-state index in [0.29, 0.717) is 31.3 Å². The SMILES string of the molecule is CCNC(=NCCCN1C(=O)COc2ccccc21)NC1CC2CCC1O2.I. The fourth-order valence-electron chi connectivity index (χ4n) is 4.10. The molecule has 3 unspecified atom stereocenters. The van der Waals surface area contributed by atoms with Crippen molar-refractivity contribution in [1.82, 2.24) is 10.6 Å². The van der Waals surface area contributed by atoms with Crippen LogP contribution in [0.25, 0.3) is 0 Å². The van der Waals surface area contributed by atoms with Gasteiger partial charge in [0.05, 0.1) is 23.9 Å². The number of benzene rings is 1. The summed E-state index contributed by atoms with van der Waals surface area (Å²) < 4.78 is 11.4. The van der Waals surface area contributed by atoms with E-state index in [9.17, 15) is 4.79 Å². The van der Waals surface area contributed by atoms with Crippen LogP contribution in [0, 0.1) is 0 Å². The lowest BCUT2D eigenvalue weighted by atomic mass is 9.96. The number of halogens is 1. The highest BCUT2D eigenvalue weighted by Gasteiger charge is 2.41. The molecule has 0 radical (unpaired) electrons. The topological polar surface area (TPSA) is 75.2 Å². The fraction of sp³-hybridized carbons (Fsp3) is 0.600. The molecule has 0 aliphatic carbocycles. The molecule has 3 heterocycles. The molecule has 1 aromatic rings. The van der Waals surface area contributed by atoms with Crippen molar-refractivity contribution in [2.45, 2.75) is 50.9 Å². The van der Waals surface area contributed by atoms with Crippen LogP contribution in [-0.4, -0.2) is 56.4 Å². The highest BCUT2D eigenvalue weighted by atomic mass is 127. The summed E-state index contributed by atoms with van der Waals surface area (Å²) >= 11 is 0. The van der Waals surface area contributed by atoms with E-state index < -0.39 is 0 Å². The molecule has 3 aliphatic rings. The number of para-hydroxylation sites is 2.